The number of amides is 1. The highest BCUT2D eigenvalue weighted by molar-refractivity contribution is 5.91. The number of carbonyl (C=O) groups is 1. The first-order valence-corrected chi connectivity index (χ1v) is 12.2. The molecular formula is C24H45N3O2. The topological polar surface area (TPSA) is 81.2 Å². The van der Waals surface area contributed by atoms with Gasteiger partial charge in [0, 0.05) is 19.5 Å². The maximum atomic E-state index is 12.0. The summed E-state index contributed by atoms with van der Waals surface area (Å²) in [7, 11) is 0. The van der Waals surface area contributed by atoms with E-state index in [2.05, 4.69) is 17.2 Å². The summed E-state index contributed by atoms with van der Waals surface area (Å²) in [5, 5.41) is 2.91. The zero-order chi connectivity index (χ0) is 21.0. The van der Waals surface area contributed by atoms with Crippen molar-refractivity contribution in [3.05, 3.63) is 17.8 Å². The molecule has 0 spiro atoms. The molecule has 0 radical (unpaired) electrons. The van der Waals surface area contributed by atoms with Crippen molar-refractivity contribution >= 4 is 5.91 Å². The molecule has 1 amide bonds. The highest BCUT2D eigenvalue weighted by Gasteiger charge is 2.10. The van der Waals surface area contributed by atoms with Crippen LogP contribution < -0.4 is 11.1 Å². The zero-order valence-corrected chi connectivity index (χ0v) is 18.9. The zero-order valence-electron chi connectivity index (χ0n) is 18.9. The molecule has 29 heavy (non-hydrogen) atoms. The molecule has 0 unspecified atom stereocenters. The predicted octanol–water partition coefficient (Wildman–Crippen LogP) is 6.17. The van der Waals surface area contributed by atoms with E-state index in [0.29, 0.717) is 31.1 Å². The number of unbranched alkanes of at least 4 members (excludes halogenated alkanes) is 15. The van der Waals surface area contributed by atoms with E-state index < -0.39 is 0 Å². The van der Waals surface area contributed by atoms with Crippen molar-refractivity contribution in [3.8, 4) is 0 Å². The van der Waals surface area contributed by atoms with E-state index in [1.165, 1.54) is 103 Å². The van der Waals surface area contributed by atoms with Crippen LogP contribution >= 0.6 is 0 Å². The fourth-order valence-corrected chi connectivity index (χ4v) is 3.62. The van der Waals surface area contributed by atoms with Gasteiger partial charge in [0.15, 0.2) is 11.6 Å². The summed E-state index contributed by atoms with van der Waals surface area (Å²) in [5.74, 6) is 0.373. The summed E-state index contributed by atoms with van der Waals surface area (Å²) >= 11 is 0. The van der Waals surface area contributed by atoms with Gasteiger partial charge in [0.1, 0.15) is 6.26 Å². The van der Waals surface area contributed by atoms with E-state index in [9.17, 15) is 4.79 Å². The minimum Gasteiger partial charge on any atom is -0.448 e. The van der Waals surface area contributed by atoms with Gasteiger partial charge in [-0.2, -0.15) is 0 Å². The second-order valence-electron chi connectivity index (χ2n) is 8.22. The van der Waals surface area contributed by atoms with Gasteiger partial charge in [-0.25, -0.2) is 4.98 Å². The Labute approximate surface area is 178 Å². The maximum absolute atomic E-state index is 12.0. The molecular weight excluding hydrogens is 362 g/mol. The average molecular weight is 408 g/mol. The monoisotopic (exact) mass is 407 g/mol. The lowest BCUT2D eigenvalue weighted by atomic mass is 10.0. The SMILES string of the molecule is CCCCCCCCCCCCCCCCCCNC(=O)c1coc(CCN)n1. The van der Waals surface area contributed by atoms with Gasteiger partial charge in [0.25, 0.3) is 5.91 Å². The number of aromatic nitrogens is 1. The molecule has 0 aliphatic carbocycles. The van der Waals surface area contributed by atoms with Gasteiger partial charge >= 0.3 is 0 Å². The Balaban J connectivity index is 1.80. The number of nitrogens with one attached hydrogen (secondary N) is 1. The van der Waals surface area contributed by atoms with E-state index in [1.54, 1.807) is 0 Å². The maximum Gasteiger partial charge on any atom is 0.273 e. The van der Waals surface area contributed by atoms with Crippen molar-refractivity contribution in [3.63, 3.8) is 0 Å². The Morgan fingerprint density at radius 2 is 1.34 bits per heavy atom. The van der Waals surface area contributed by atoms with Crippen LogP contribution in [-0.2, 0) is 6.42 Å². The van der Waals surface area contributed by atoms with Crippen molar-refractivity contribution < 1.29 is 9.21 Å². The molecule has 0 bridgehead atoms. The number of carbonyl (C=O) groups excluding carboxylic acids is 1. The molecule has 3 N–H and O–H groups in total. The van der Waals surface area contributed by atoms with E-state index in [0.717, 1.165) is 6.42 Å². The number of hydrogen-bond donors (Lipinski definition) is 2. The van der Waals surface area contributed by atoms with Gasteiger partial charge in [0.05, 0.1) is 0 Å². The first-order valence-electron chi connectivity index (χ1n) is 12.2. The van der Waals surface area contributed by atoms with Gasteiger partial charge in [0.2, 0.25) is 0 Å². The summed E-state index contributed by atoms with van der Waals surface area (Å²) < 4.78 is 5.21. The average Bonchev–Trinajstić information content (AvgIpc) is 3.19. The van der Waals surface area contributed by atoms with Crippen LogP contribution in [0, 0.1) is 0 Å². The second kappa shape index (κ2) is 18.7. The van der Waals surface area contributed by atoms with E-state index >= 15 is 0 Å². The first-order chi connectivity index (χ1) is 14.3. The Kier molecular flexibility index (Phi) is 16.5. The van der Waals surface area contributed by atoms with Crippen molar-refractivity contribution in [2.24, 2.45) is 5.73 Å². The number of oxazole rings is 1. The quantitative estimate of drug-likeness (QED) is 0.253. The third-order valence-electron chi connectivity index (χ3n) is 5.46. The van der Waals surface area contributed by atoms with Crippen LogP contribution in [-0.4, -0.2) is 24.0 Å². The molecule has 0 atom stereocenters. The van der Waals surface area contributed by atoms with Crippen LogP contribution in [0.25, 0.3) is 0 Å². The number of nitrogens with zero attached hydrogens (tertiary/aromatic N) is 1. The Morgan fingerprint density at radius 3 is 1.83 bits per heavy atom. The van der Waals surface area contributed by atoms with Crippen molar-refractivity contribution in [2.75, 3.05) is 13.1 Å². The summed E-state index contributed by atoms with van der Waals surface area (Å²) in [5.41, 5.74) is 5.80. The lowest BCUT2D eigenvalue weighted by molar-refractivity contribution is 0.0948. The van der Waals surface area contributed by atoms with Crippen LogP contribution in [0.3, 0.4) is 0 Å². The summed E-state index contributed by atoms with van der Waals surface area (Å²) in [6.45, 7) is 3.46. The molecule has 0 aliphatic heterocycles. The molecule has 0 aromatic carbocycles. The molecule has 1 aromatic rings. The molecule has 5 nitrogen and oxygen atoms in total. The van der Waals surface area contributed by atoms with Crippen LogP contribution in [0.4, 0.5) is 0 Å². The Hall–Kier alpha value is -1.36. The molecule has 0 saturated carbocycles. The molecule has 0 fully saturated rings. The molecule has 1 aromatic heterocycles. The smallest absolute Gasteiger partial charge is 0.273 e. The Morgan fingerprint density at radius 1 is 0.862 bits per heavy atom. The third kappa shape index (κ3) is 14.3. The van der Waals surface area contributed by atoms with Crippen molar-refractivity contribution in [2.45, 2.75) is 116 Å². The molecule has 0 saturated heterocycles. The van der Waals surface area contributed by atoms with E-state index in [-0.39, 0.29) is 5.91 Å². The molecule has 168 valence electrons. The van der Waals surface area contributed by atoms with Crippen LogP contribution in [0.5, 0.6) is 0 Å². The van der Waals surface area contributed by atoms with Crippen molar-refractivity contribution in [1.29, 1.82) is 0 Å². The first kappa shape index (κ1) is 25.7. The summed E-state index contributed by atoms with van der Waals surface area (Å²) in [6, 6.07) is 0. The highest BCUT2D eigenvalue weighted by atomic mass is 16.3. The number of hydrogen-bond acceptors (Lipinski definition) is 4. The van der Waals surface area contributed by atoms with Crippen LogP contribution in [0.15, 0.2) is 10.7 Å². The highest BCUT2D eigenvalue weighted by Crippen LogP contribution is 2.13. The lowest BCUT2D eigenvalue weighted by Crippen LogP contribution is -2.24. The normalized spacial score (nSPS) is 11.1. The van der Waals surface area contributed by atoms with E-state index in [1.807, 2.05) is 0 Å². The van der Waals surface area contributed by atoms with Gasteiger partial charge < -0.3 is 15.5 Å². The van der Waals surface area contributed by atoms with Gasteiger partial charge in [-0.1, -0.05) is 103 Å². The van der Waals surface area contributed by atoms with E-state index in [4.69, 9.17) is 10.2 Å². The molecule has 5 heteroatoms. The molecule has 1 rings (SSSR count). The lowest BCUT2D eigenvalue weighted by Gasteiger charge is -2.04. The minimum atomic E-state index is -0.155. The summed E-state index contributed by atoms with van der Waals surface area (Å²) in [6.07, 6.45) is 23.7. The van der Waals surface area contributed by atoms with Crippen LogP contribution in [0.1, 0.15) is 126 Å². The van der Waals surface area contributed by atoms with Crippen LogP contribution in [0.2, 0.25) is 0 Å². The largest absolute Gasteiger partial charge is 0.448 e. The standard InChI is InChI=1S/C24H45N3O2/c1-2-3-4-5-6-7-8-9-10-11-12-13-14-15-16-17-20-26-24(28)22-21-29-23(27-22)18-19-25/h21H,2-20,25H2,1H3,(H,26,28). The second-order valence-corrected chi connectivity index (χ2v) is 8.22. The minimum absolute atomic E-state index is 0.155. The van der Waals surface area contributed by atoms with Gasteiger partial charge in [-0.3, -0.25) is 4.79 Å². The van der Waals surface area contributed by atoms with Gasteiger partial charge in [-0.05, 0) is 6.42 Å². The Bertz CT molecular complexity index is 502. The third-order valence-corrected chi connectivity index (χ3v) is 5.46. The predicted molar refractivity (Wildman–Crippen MR) is 121 cm³/mol. The fraction of sp³-hybridized carbons (Fsp3) is 0.833. The molecule has 1 heterocycles. The number of rotatable bonds is 20. The molecule has 0 aliphatic rings. The number of nitrogens with two attached hydrogens (primary N) is 1. The van der Waals surface area contributed by atoms with Crippen molar-refractivity contribution in [1.82, 2.24) is 10.3 Å². The van der Waals surface area contributed by atoms with Gasteiger partial charge in [-0.15, -0.1) is 0 Å². The fourth-order valence-electron chi connectivity index (χ4n) is 3.62. The summed E-state index contributed by atoms with van der Waals surface area (Å²) in [4.78, 5) is 16.1.